The summed E-state index contributed by atoms with van der Waals surface area (Å²) in [4.78, 5) is 14.0. The molecule has 254 valence electrons. The summed E-state index contributed by atoms with van der Waals surface area (Å²) < 4.78 is 29.6. The van der Waals surface area contributed by atoms with Gasteiger partial charge >= 0.3 is 7.82 Å². The summed E-state index contributed by atoms with van der Waals surface area (Å²) in [6.07, 6.45) is 15.9. The summed E-state index contributed by atoms with van der Waals surface area (Å²) in [6.45, 7) is 1.72. The van der Waals surface area contributed by atoms with Gasteiger partial charge in [-0.05, 0) is 36.5 Å². The molecule has 0 spiro atoms. The van der Waals surface area contributed by atoms with Crippen molar-refractivity contribution in [2.24, 2.45) is 0 Å². The van der Waals surface area contributed by atoms with E-state index in [9.17, 15) is 24.9 Å². The van der Waals surface area contributed by atoms with Crippen LogP contribution in [-0.2, 0) is 24.0 Å². The molecular weight excluding hydrogens is 617 g/mol. The number of nitrogens with zero attached hydrogens (tertiary/aromatic N) is 4. The Morgan fingerprint density at radius 3 is 2.22 bits per heavy atom. The Bertz CT molecular complexity index is 1230. The van der Waals surface area contributed by atoms with Crippen LogP contribution in [0.3, 0.4) is 0 Å². The van der Waals surface area contributed by atoms with E-state index in [1.807, 2.05) is 6.07 Å². The van der Waals surface area contributed by atoms with Crippen LogP contribution in [0.15, 0.2) is 18.5 Å². The standard InChI is InChI=1S/C31H52N5O7PS/c1-2-3-4-5-6-7-8-9-10-11-12-13-14-15-20-45-21-16-19-41-44(39,40)42-22-26-28(37)29(38)31(23-32,43-26)27-18-17-25-30(33)34-24-35-36(25)27/h17-18,24,26,28-29,37-38H,2-16,19-22H2,1H3,(H,39,40)(H2,33,34,35)/t26?,28-,29-,31+/m1/s1. The van der Waals surface area contributed by atoms with Crippen molar-refractivity contribution >= 4 is 30.9 Å². The van der Waals surface area contributed by atoms with Crippen LogP contribution in [0.25, 0.3) is 5.52 Å². The van der Waals surface area contributed by atoms with Gasteiger partial charge in [-0.25, -0.2) is 14.1 Å². The van der Waals surface area contributed by atoms with Crippen LogP contribution in [0.2, 0.25) is 0 Å². The lowest BCUT2D eigenvalue weighted by Gasteiger charge is -2.24. The first-order chi connectivity index (χ1) is 21.8. The number of unbranched alkanes of at least 4 members (excludes halogenated alkanes) is 13. The molecule has 5 N–H and O–H groups in total. The number of fused-ring (bicyclic) bond motifs is 1. The second-order valence-electron chi connectivity index (χ2n) is 11.8. The average molecular weight is 670 g/mol. The number of nitriles is 1. The number of ether oxygens (including phenoxy) is 1. The molecule has 0 aromatic carbocycles. The largest absolute Gasteiger partial charge is 0.472 e. The molecule has 2 aromatic heterocycles. The third-order valence-electron chi connectivity index (χ3n) is 8.22. The Kier molecular flexibility index (Phi) is 16.6. The van der Waals surface area contributed by atoms with Crippen molar-refractivity contribution in [2.75, 3.05) is 30.5 Å². The molecule has 2 unspecified atom stereocenters. The number of anilines is 1. The number of thioether (sulfide) groups is 1. The third kappa shape index (κ3) is 11.5. The lowest BCUT2D eigenvalue weighted by Crippen LogP contribution is -2.41. The lowest BCUT2D eigenvalue weighted by atomic mass is 9.92. The van der Waals surface area contributed by atoms with Gasteiger partial charge in [-0.3, -0.25) is 9.05 Å². The fraction of sp³-hybridized carbons (Fsp3) is 0.774. The fourth-order valence-corrected chi connectivity index (χ4v) is 7.30. The number of nitrogens with two attached hydrogens (primary N) is 1. The van der Waals surface area contributed by atoms with Gasteiger partial charge < -0.3 is 25.6 Å². The summed E-state index contributed by atoms with van der Waals surface area (Å²) in [6, 6.07) is 4.96. The van der Waals surface area contributed by atoms with Crippen LogP contribution in [0.1, 0.15) is 109 Å². The molecule has 0 radical (unpaired) electrons. The monoisotopic (exact) mass is 669 g/mol. The van der Waals surface area contributed by atoms with E-state index in [2.05, 4.69) is 17.0 Å². The normalized spacial score (nSPS) is 23.0. The van der Waals surface area contributed by atoms with Gasteiger partial charge in [0.05, 0.1) is 18.9 Å². The first-order valence-electron chi connectivity index (χ1n) is 16.5. The molecule has 0 amide bonds. The maximum Gasteiger partial charge on any atom is 0.472 e. The van der Waals surface area contributed by atoms with E-state index in [4.69, 9.17) is 19.5 Å². The third-order valence-corrected chi connectivity index (χ3v) is 10.4. The second-order valence-corrected chi connectivity index (χ2v) is 14.4. The van der Waals surface area contributed by atoms with Crippen molar-refractivity contribution in [3.05, 3.63) is 24.2 Å². The van der Waals surface area contributed by atoms with E-state index in [0.717, 1.165) is 11.5 Å². The molecule has 0 aliphatic carbocycles. The van der Waals surface area contributed by atoms with E-state index in [1.165, 1.54) is 107 Å². The van der Waals surface area contributed by atoms with Crippen LogP contribution in [0.4, 0.5) is 5.82 Å². The number of rotatable bonds is 24. The highest BCUT2D eigenvalue weighted by molar-refractivity contribution is 7.99. The highest BCUT2D eigenvalue weighted by atomic mass is 32.2. The van der Waals surface area contributed by atoms with Gasteiger partial charge in [-0.1, -0.05) is 90.4 Å². The van der Waals surface area contributed by atoms with Crippen molar-refractivity contribution in [3.8, 4) is 6.07 Å². The van der Waals surface area contributed by atoms with Gasteiger partial charge in [-0.2, -0.15) is 22.1 Å². The lowest BCUT2D eigenvalue weighted by molar-refractivity contribution is -0.0642. The quantitative estimate of drug-likeness (QED) is 0.0768. The number of hydrogen-bond donors (Lipinski definition) is 4. The van der Waals surface area contributed by atoms with Gasteiger partial charge in [0.2, 0.25) is 5.60 Å². The zero-order chi connectivity index (χ0) is 32.5. The van der Waals surface area contributed by atoms with E-state index < -0.39 is 38.3 Å². The first-order valence-corrected chi connectivity index (χ1v) is 19.1. The fourth-order valence-electron chi connectivity index (χ4n) is 5.60. The molecule has 5 atom stereocenters. The summed E-state index contributed by atoms with van der Waals surface area (Å²) in [5.74, 6) is 2.02. The van der Waals surface area contributed by atoms with Crippen molar-refractivity contribution in [1.82, 2.24) is 14.6 Å². The Morgan fingerprint density at radius 1 is 1.00 bits per heavy atom. The number of aliphatic hydroxyl groups is 2. The number of phosphoric ester groups is 1. The molecule has 3 rings (SSSR count). The van der Waals surface area contributed by atoms with Crippen LogP contribution < -0.4 is 5.73 Å². The molecule has 1 aliphatic heterocycles. The summed E-state index contributed by atoms with van der Waals surface area (Å²) >= 11 is 1.80. The Balaban J connectivity index is 1.23. The van der Waals surface area contributed by atoms with Crippen LogP contribution in [0, 0.1) is 11.3 Å². The van der Waals surface area contributed by atoms with Crippen molar-refractivity contribution in [2.45, 2.75) is 127 Å². The van der Waals surface area contributed by atoms with E-state index >= 15 is 0 Å². The Morgan fingerprint density at radius 2 is 1.60 bits per heavy atom. The van der Waals surface area contributed by atoms with E-state index in [0.29, 0.717) is 11.9 Å². The molecule has 1 aliphatic rings. The number of aliphatic hydroxyl groups excluding tert-OH is 2. The van der Waals surface area contributed by atoms with Crippen LogP contribution in [0.5, 0.6) is 0 Å². The molecule has 12 nitrogen and oxygen atoms in total. The summed E-state index contributed by atoms with van der Waals surface area (Å²) in [5, 5.41) is 35.4. The number of aromatic nitrogens is 3. The van der Waals surface area contributed by atoms with Gasteiger partial charge in [0, 0.05) is 0 Å². The van der Waals surface area contributed by atoms with Gasteiger partial charge in [0.25, 0.3) is 0 Å². The molecule has 14 heteroatoms. The SMILES string of the molecule is CCCCCCCCCCCCCCCCSCCCOP(=O)(O)OCC1O[C@@](C#N)(c2ccc3c(N)ncnn23)[C@H](O)[C@@H]1O. The van der Waals surface area contributed by atoms with E-state index in [1.54, 1.807) is 17.8 Å². The predicted molar refractivity (Wildman–Crippen MR) is 176 cm³/mol. The van der Waals surface area contributed by atoms with Crippen LogP contribution in [-0.4, -0.2) is 72.7 Å². The van der Waals surface area contributed by atoms with Crippen molar-refractivity contribution in [3.63, 3.8) is 0 Å². The first kappa shape index (κ1) is 37.7. The van der Waals surface area contributed by atoms with Crippen molar-refractivity contribution < 1.29 is 33.5 Å². The molecule has 2 aromatic rings. The maximum absolute atomic E-state index is 12.4. The Hall–Kier alpha value is -1.75. The molecule has 1 fully saturated rings. The minimum absolute atomic E-state index is 0.0373. The maximum atomic E-state index is 12.4. The molecule has 0 saturated carbocycles. The summed E-state index contributed by atoms with van der Waals surface area (Å²) in [7, 11) is -4.45. The highest BCUT2D eigenvalue weighted by Crippen LogP contribution is 2.46. The number of phosphoric acid groups is 1. The molecule has 3 heterocycles. The zero-order valence-electron chi connectivity index (χ0n) is 26.6. The molecule has 0 bridgehead atoms. The van der Waals surface area contributed by atoms with Crippen LogP contribution >= 0.6 is 19.6 Å². The van der Waals surface area contributed by atoms with E-state index in [-0.39, 0.29) is 18.1 Å². The number of hydrogen-bond acceptors (Lipinski definition) is 11. The minimum atomic E-state index is -4.45. The summed E-state index contributed by atoms with van der Waals surface area (Å²) in [5.41, 5.74) is 4.35. The highest BCUT2D eigenvalue weighted by Gasteiger charge is 2.58. The smallest absolute Gasteiger partial charge is 0.387 e. The molecular formula is C31H52N5O7PS. The van der Waals surface area contributed by atoms with Gasteiger partial charge in [-0.15, -0.1) is 0 Å². The predicted octanol–water partition coefficient (Wildman–Crippen LogP) is 5.89. The minimum Gasteiger partial charge on any atom is -0.387 e. The Labute approximate surface area is 271 Å². The molecule has 1 saturated heterocycles. The second kappa shape index (κ2) is 19.8. The average Bonchev–Trinajstić information content (AvgIpc) is 3.57. The van der Waals surface area contributed by atoms with Crippen molar-refractivity contribution in [1.29, 1.82) is 5.26 Å². The molecule has 45 heavy (non-hydrogen) atoms. The van der Waals surface area contributed by atoms with Gasteiger partial charge in [0.1, 0.15) is 36.2 Å². The van der Waals surface area contributed by atoms with Gasteiger partial charge in [0.15, 0.2) is 5.82 Å². The number of nitrogen functional groups attached to an aromatic ring is 1. The zero-order valence-corrected chi connectivity index (χ0v) is 28.3. The topological polar surface area (TPSA) is 185 Å².